The first-order chi connectivity index (χ1) is 12.7. The van der Waals surface area contributed by atoms with Crippen LogP contribution in [0, 0.1) is 10.1 Å². The molecule has 0 saturated carbocycles. The third-order valence-corrected chi connectivity index (χ3v) is 4.86. The normalized spacial score (nSPS) is 13.6. The molecule has 27 heavy (non-hydrogen) atoms. The number of aliphatic hydroxyl groups is 1. The monoisotopic (exact) mass is 397 g/mol. The van der Waals surface area contributed by atoms with E-state index in [2.05, 4.69) is 4.18 Å². The molecule has 0 heterocycles. The van der Waals surface area contributed by atoms with Gasteiger partial charge in [0.15, 0.2) is 0 Å². The highest BCUT2D eigenvalue weighted by Gasteiger charge is 2.34. The Kier molecular flexibility index (Phi) is 6.10. The zero-order chi connectivity index (χ0) is 20.2. The molecule has 2 rings (SSSR count). The van der Waals surface area contributed by atoms with Crippen molar-refractivity contribution in [3.63, 3.8) is 0 Å². The molecule has 2 N–H and O–H groups in total. The smallest absolute Gasteiger partial charge is 0.337 e. The van der Waals surface area contributed by atoms with E-state index in [1.54, 1.807) is 0 Å². The van der Waals surface area contributed by atoms with Crippen molar-refractivity contribution < 1.29 is 37.3 Å². The second-order valence-electron chi connectivity index (χ2n) is 5.28. The van der Waals surface area contributed by atoms with Crippen LogP contribution < -0.4 is 4.74 Å². The highest BCUT2D eigenvalue weighted by atomic mass is 32.2. The topological polar surface area (TPSA) is 153 Å². The Morgan fingerprint density at radius 1 is 1.11 bits per heavy atom. The quantitative estimate of drug-likeness (QED) is 0.383. The molecule has 0 fully saturated rings. The van der Waals surface area contributed by atoms with Gasteiger partial charge in [-0.05, 0) is 29.8 Å². The number of rotatable bonds is 8. The predicted octanol–water partition coefficient (Wildman–Crippen LogP) is 1.50. The molecule has 2 aromatic carbocycles. The number of aliphatic carboxylic acids is 1. The number of aliphatic hydroxyl groups excluding tert-OH is 1. The van der Waals surface area contributed by atoms with Crippen LogP contribution in [0.2, 0.25) is 0 Å². The van der Waals surface area contributed by atoms with E-state index in [-0.39, 0.29) is 11.3 Å². The minimum atomic E-state index is -4.60. The molecule has 2 unspecified atom stereocenters. The second kappa shape index (κ2) is 8.12. The van der Waals surface area contributed by atoms with Gasteiger partial charge in [-0.25, -0.2) is 8.98 Å². The van der Waals surface area contributed by atoms with E-state index in [1.165, 1.54) is 31.4 Å². The summed E-state index contributed by atoms with van der Waals surface area (Å²) in [5, 5.41) is 30.1. The number of carboxylic acid groups (broad SMARTS) is 1. The minimum absolute atomic E-state index is 0.0992. The van der Waals surface area contributed by atoms with Gasteiger partial charge in [0.25, 0.3) is 15.8 Å². The van der Waals surface area contributed by atoms with Crippen molar-refractivity contribution >= 4 is 21.8 Å². The number of ether oxygens (including phenoxy) is 1. The van der Waals surface area contributed by atoms with E-state index in [4.69, 9.17) is 4.74 Å². The van der Waals surface area contributed by atoms with Crippen molar-refractivity contribution in [3.8, 4) is 5.75 Å². The van der Waals surface area contributed by atoms with Crippen LogP contribution in [-0.2, 0) is 19.1 Å². The third kappa shape index (κ3) is 4.78. The van der Waals surface area contributed by atoms with Gasteiger partial charge in [0.1, 0.15) is 11.9 Å². The lowest BCUT2D eigenvalue weighted by Gasteiger charge is -2.19. The zero-order valence-electron chi connectivity index (χ0n) is 13.9. The van der Waals surface area contributed by atoms with E-state index < -0.39 is 38.1 Å². The van der Waals surface area contributed by atoms with E-state index >= 15 is 0 Å². The fourth-order valence-corrected chi connectivity index (χ4v) is 3.17. The lowest BCUT2D eigenvalue weighted by molar-refractivity contribution is -0.384. The number of nitro groups is 1. The lowest BCUT2D eigenvalue weighted by atomic mass is 10.0. The summed E-state index contributed by atoms with van der Waals surface area (Å²) in [5.41, 5.74) is -0.246. The van der Waals surface area contributed by atoms with Crippen LogP contribution in [0.3, 0.4) is 0 Å². The molecular formula is C16H15NO9S. The Morgan fingerprint density at radius 3 is 2.11 bits per heavy atom. The van der Waals surface area contributed by atoms with Gasteiger partial charge in [0, 0.05) is 12.1 Å². The van der Waals surface area contributed by atoms with E-state index in [1.807, 2.05) is 0 Å². The highest BCUT2D eigenvalue weighted by molar-refractivity contribution is 7.86. The van der Waals surface area contributed by atoms with Crippen LogP contribution in [0.15, 0.2) is 53.4 Å². The van der Waals surface area contributed by atoms with Gasteiger partial charge < -0.3 is 14.9 Å². The van der Waals surface area contributed by atoms with Crippen LogP contribution in [0.1, 0.15) is 11.7 Å². The fourth-order valence-electron chi connectivity index (χ4n) is 2.13. The van der Waals surface area contributed by atoms with Crippen LogP contribution in [0.4, 0.5) is 5.69 Å². The summed E-state index contributed by atoms with van der Waals surface area (Å²) in [5.74, 6) is -1.25. The summed E-state index contributed by atoms with van der Waals surface area (Å²) in [6, 6.07) is 9.34. The number of carbonyl (C=O) groups is 1. The molecule has 0 spiro atoms. The molecule has 0 aliphatic carbocycles. The number of hydrogen-bond donors (Lipinski definition) is 2. The van der Waals surface area contributed by atoms with Crippen molar-refractivity contribution in [2.24, 2.45) is 0 Å². The SMILES string of the molecule is COc1ccc(C(O)C(OS(=O)(=O)c2ccc([N+](=O)[O-])cc2)C(=O)O)cc1. The maximum atomic E-state index is 12.3. The van der Waals surface area contributed by atoms with Crippen molar-refractivity contribution in [1.29, 1.82) is 0 Å². The molecule has 144 valence electrons. The van der Waals surface area contributed by atoms with Crippen LogP contribution >= 0.6 is 0 Å². The summed E-state index contributed by atoms with van der Waals surface area (Å²) in [7, 11) is -3.18. The Bertz CT molecular complexity index is 923. The molecule has 0 aromatic heterocycles. The van der Waals surface area contributed by atoms with E-state index in [0.29, 0.717) is 5.75 Å². The first kappa shape index (κ1) is 20.3. The van der Waals surface area contributed by atoms with Crippen molar-refractivity contribution in [2.75, 3.05) is 7.11 Å². The van der Waals surface area contributed by atoms with E-state index in [9.17, 15) is 33.5 Å². The fraction of sp³-hybridized carbons (Fsp3) is 0.188. The molecular weight excluding hydrogens is 382 g/mol. The van der Waals surface area contributed by atoms with Gasteiger partial charge in [-0.1, -0.05) is 12.1 Å². The van der Waals surface area contributed by atoms with Crippen LogP contribution in [0.5, 0.6) is 5.75 Å². The Hall–Kier alpha value is -3.02. The molecule has 0 aliphatic heterocycles. The number of hydrogen-bond acceptors (Lipinski definition) is 8. The molecule has 10 nitrogen and oxygen atoms in total. The molecule has 0 bridgehead atoms. The van der Waals surface area contributed by atoms with Crippen LogP contribution in [0.25, 0.3) is 0 Å². The molecule has 0 saturated heterocycles. The van der Waals surface area contributed by atoms with E-state index in [0.717, 1.165) is 24.3 Å². The average molecular weight is 397 g/mol. The average Bonchev–Trinajstić information content (AvgIpc) is 2.65. The molecule has 11 heteroatoms. The first-order valence-electron chi connectivity index (χ1n) is 7.38. The summed E-state index contributed by atoms with van der Waals surface area (Å²) in [4.78, 5) is 20.8. The zero-order valence-corrected chi connectivity index (χ0v) is 14.7. The molecule has 2 atom stereocenters. The van der Waals surface area contributed by atoms with Crippen molar-refractivity contribution in [3.05, 3.63) is 64.2 Å². The minimum Gasteiger partial charge on any atom is -0.497 e. The van der Waals surface area contributed by atoms with Gasteiger partial charge in [-0.3, -0.25) is 10.1 Å². The largest absolute Gasteiger partial charge is 0.497 e. The molecule has 0 aliphatic rings. The summed E-state index contributed by atoms with van der Waals surface area (Å²) in [6.45, 7) is 0. The summed E-state index contributed by atoms with van der Waals surface area (Å²) < 4.78 is 34.2. The Morgan fingerprint density at radius 2 is 1.67 bits per heavy atom. The number of nitro benzene ring substituents is 1. The standard InChI is InChI=1S/C16H15NO9S/c1-25-12-6-2-10(3-7-12)14(18)15(16(19)20)26-27(23,24)13-8-4-11(5-9-13)17(21)22/h2-9,14-15,18H,1H3,(H,19,20). The van der Waals surface area contributed by atoms with Gasteiger partial charge >= 0.3 is 5.97 Å². The maximum absolute atomic E-state index is 12.3. The number of carboxylic acids is 1. The van der Waals surface area contributed by atoms with Gasteiger partial charge in [-0.15, -0.1) is 0 Å². The van der Waals surface area contributed by atoms with Crippen LogP contribution in [-0.4, -0.2) is 42.7 Å². The summed E-state index contributed by atoms with van der Waals surface area (Å²) in [6.07, 6.45) is -3.92. The predicted molar refractivity (Wildman–Crippen MR) is 90.7 cm³/mol. The molecule has 0 amide bonds. The van der Waals surface area contributed by atoms with Gasteiger partial charge in [0.2, 0.25) is 6.10 Å². The second-order valence-corrected chi connectivity index (χ2v) is 6.85. The Labute approximate surface area is 153 Å². The first-order valence-corrected chi connectivity index (χ1v) is 8.79. The molecule has 0 radical (unpaired) electrons. The Balaban J connectivity index is 2.27. The summed E-state index contributed by atoms with van der Waals surface area (Å²) >= 11 is 0. The van der Waals surface area contributed by atoms with Crippen molar-refractivity contribution in [1.82, 2.24) is 0 Å². The maximum Gasteiger partial charge on any atom is 0.337 e. The molecule has 2 aromatic rings. The number of methoxy groups -OCH3 is 1. The lowest BCUT2D eigenvalue weighted by Crippen LogP contribution is -2.33. The number of nitrogens with zero attached hydrogens (tertiary/aromatic N) is 1. The third-order valence-electron chi connectivity index (χ3n) is 3.55. The number of benzene rings is 2. The van der Waals surface area contributed by atoms with Gasteiger partial charge in [-0.2, -0.15) is 8.42 Å². The highest BCUT2D eigenvalue weighted by Crippen LogP contribution is 2.26. The van der Waals surface area contributed by atoms with Crippen molar-refractivity contribution in [2.45, 2.75) is 17.1 Å². The number of non-ortho nitro benzene ring substituents is 1. The van der Waals surface area contributed by atoms with Gasteiger partial charge in [0.05, 0.1) is 16.9 Å².